The molecule has 3 heterocycles. The molecule has 0 atom stereocenters. The SMILES string of the molecule is O=C(NN=Cc1c(COc2ccc(Cl)cc2Cl)nn(-c2ccccc2)c1N1CCCC1)c1ccncc1. The van der Waals surface area contributed by atoms with E-state index in [1.165, 1.54) is 0 Å². The third-order valence-electron chi connectivity index (χ3n) is 5.94. The van der Waals surface area contributed by atoms with E-state index in [1.54, 1.807) is 48.9 Å². The standard InChI is InChI=1S/C27H24Cl2N6O2/c28-20-8-9-25(23(29)16-20)37-18-24-22(17-31-32-26(36)19-10-12-30-13-11-19)27(34-14-4-5-15-34)35(33-24)21-6-2-1-3-7-21/h1-3,6-13,16-17H,4-5,14-15,18H2,(H,32,36). The minimum absolute atomic E-state index is 0.141. The van der Waals surface area contributed by atoms with Gasteiger partial charge in [-0.2, -0.15) is 10.2 Å². The van der Waals surface area contributed by atoms with Crippen LogP contribution >= 0.6 is 23.2 Å². The summed E-state index contributed by atoms with van der Waals surface area (Å²) in [4.78, 5) is 18.8. The Kier molecular flexibility index (Phi) is 7.67. The van der Waals surface area contributed by atoms with Crippen LogP contribution in [-0.4, -0.2) is 40.0 Å². The van der Waals surface area contributed by atoms with E-state index in [2.05, 4.69) is 20.4 Å². The lowest BCUT2D eigenvalue weighted by Crippen LogP contribution is -2.23. The number of carbonyl (C=O) groups is 1. The highest BCUT2D eigenvalue weighted by Crippen LogP contribution is 2.32. The van der Waals surface area contributed by atoms with Crippen LogP contribution in [0.3, 0.4) is 0 Å². The minimum Gasteiger partial charge on any atom is -0.486 e. The Morgan fingerprint density at radius 2 is 1.81 bits per heavy atom. The number of para-hydroxylation sites is 1. The molecule has 0 saturated carbocycles. The highest BCUT2D eigenvalue weighted by atomic mass is 35.5. The molecule has 1 fully saturated rings. The monoisotopic (exact) mass is 534 g/mol. The number of hydrogen-bond donors (Lipinski definition) is 1. The number of amides is 1. The topological polar surface area (TPSA) is 84.6 Å². The maximum Gasteiger partial charge on any atom is 0.271 e. The number of benzene rings is 2. The van der Waals surface area contributed by atoms with Crippen LogP contribution in [0.1, 0.15) is 34.5 Å². The second kappa shape index (κ2) is 11.5. The number of rotatable bonds is 8. The Morgan fingerprint density at radius 1 is 1.05 bits per heavy atom. The first kappa shape index (κ1) is 24.8. The van der Waals surface area contributed by atoms with Crippen LogP contribution in [0.5, 0.6) is 5.75 Å². The molecule has 0 aliphatic carbocycles. The molecule has 1 aliphatic rings. The number of hydrazone groups is 1. The fourth-order valence-electron chi connectivity index (χ4n) is 4.15. The number of pyridine rings is 1. The Balaban J connectivity index is 1.51. The van der Waals surface area contributed by atoms with Crippen molar-refractivity contribution >= 4 is 41.1 Å². The number of halogens is 2. The van der Waals surface area contributed by atoms with Crippen LogP contribution in [0, 0.1) is 0 Å². The van der Waals surface area contributed by atoms with Gasteiger partial charge in [0.2, 0.25) is 0 Å². The molecule has 0 unspecified atom stereocenters. The van der Waals surface area contributed by atoms with Crippen molar-refractivity contribution in [3.05, 3.63) is 99.9 Å². The Labute approximate surface area is 224 Å². The fourth-order valence-corrected chi connectivity index (χ4v) is 4.61. The molecule has 1 saturated heterocycles. The van der Waals surface area contributed by atoms with Gasteiger partial charge in [-0.05, 0) is 55.3 Å². The van der Waals surface area contributed by atoms with Crippen molar-refractivity contribution in [2.45, 2.75) is 19.4 Å². The predicted octanol–water partition coefficient (Wildman–Crippen LogP) is 5.52. The van der Waals surface area contributed by atoms with Crippen LogP contribution in [0.25, 0.3) is 5.69 Å². The van der Waals surface area contributed by atoms with Crippen molar-refractivity contribution in [2.24, 2.45) is 5.10 Å². The molecule has 10 heteroatoms. The summed E-state index contributed by atoms with van der Waals surface area (Å²) in [5, 5.41) is 10.1. The molecule has 2 aromatic carbocycles. The van der Waals surface area contributed by atoms with Crippen molar-refractivity contribution < 1.29 is 9.53 Å². The molecule has 37 heavy (non-hydrogen) atoms. The van der Waals surface area contributed by atoms with Crippen LogP contribution in [-0.2, 0) is 6.61 Å². The van der Waals surface area contributed by atoms with Crippen LogP contribution < -0.4 is 15.1 Å². The van der Waals surface area contributed by atoms with Gasteiger partial charge >= 0.3 is 0 Å². The number of anilines is 1. The van der Waals surface area contributed by atoms with E-state index in [9.17, 15) is 4.79 Å². The maximum atomic E-state index is 12.5. The normalized spacial score (nSPS) is 13.3. The molecule has 0 spiro atoms. The van der Waals surface area contributed by atoms with Gasteiger partial charge in [0.05, 0.1) is 22.5 Å². The van der Waals surface area contributed by atoms with Gasteiger partial charge in [-0.1, -0.05) is 41.4 Å². The van der Waals surface area contributed by atoms with Crippen LogP contribution in [0.2, 0.25) is 10.0 Å². The number of aromatic nitrogens is 3. The summed E-state index contributed by atoms with van der Waals surface area (Å²) >= 11 is 12.4. The van der Waals surface area contributed by atoms with E-state index < -0.39 is 0 Å². The molecule has 0 radical (unpaired) electrons. The van der Waals surface area contributed by atoms with Crippen LogP contribution in [0.4, 0.5) is 5.82 Å². The first-order valence-electron chi connectivity index (χ1n) is 11.8. The van der Waals surface area contributed by atoms with Gasteiger partial charge in [0.25, 0.3) is 5.91 Å². The van der Waals surface area contributed by atoms with Crippen molar-refractivity contribution in [2.75, 3.05) is 18.0 Å². The zero-order valence-electron chi connectivity index (χ0n) is 19.8. The highest BCUT2D eigenvalue weighted by Gasteiger charge is 2.25. The highest BCUT2D eigenvalue weighted by molar-refractivity contribution is 6.35. The molecule has 2 aromatic heterocycles. The molecular formula is C27H24Cl2N6O2. The Hall–Kier alpha value is -3.88. The molecule has 1 aliphatic heterocycles. The van der Waals surface area contributed by atoms with Gasteiger partial charge in [0, 0.05) is 36.1 Å². The third-order valence-corrected chi connectivity index (χ3v) is 6.47. The second-order valence-electron chi connectivity index (χ2n) is 8.42. The van der Waals surface area contributed by atoms with Crippen molar-refractivity contribution in [1.82, 2.24) is 20.2 Å². The lowest BCUT2D eigenvalue weighted by atomic mass is 10.2. The summed E-state index contributed by atoms with van der Waals surface area (Å²) < 4.78 is 7.94. The molecule has 8 nitrogen and oxygen atoms in total. The molecule has 188 valence electrons. The third kappa shape index (κ3) is 5.76. The van der Waals surface area contributed by atoms with Gasteiger partial charge in [0.15, 0.2) is 0 Å². The predicted molar refractivity (Wildman–Crippen MR) is 145 cm³/mol. The number of nitrogens with one attached hydrogen (secondary N) is 1. The number of hydrogen-bond acceptors (Lipinski definition) is 6. The Morgan fingerprint density at radius 3 is 2.54 bits per heavy atom. The zero-order valence-corrected chi connectivity index (χ0v) is 21.4. The molecule has 1 N–H and O–H groups in total. The van der Waals surface area contributed by atoms with E-state index in [0.717, 1.165) is 43.0 Å². The molecular weight excluding hydrogens is 511 g/mol. The first-order valence-corrected chi connectivity index (χ1v) is 12.6. The molecule has 5 rings (SSSR count). The average molecular weight is 535 g/mol. The minimum atomic E-state index is -0.331. The average Bonchev–Trinajstić information content (AvgIpc) is 3.57. The van der Waals surface area contributed by atoms with E-state index in [0.29, 0.717) is 27.1 Å². The van der Waals surface area contributed by atoms with Gasteiger partial charge in [0.1, 0.15) is 23.9 Å². The van der Waals surface area contributed by atoms with Crippen molar-refractivity contribution in [3.8, 4) is 11.4 Å². The summed E-state index contributed by atoms with van der Waals surface area (Å²) in [6.45, 7) is 1.93. The van der Waals surface area contributed by atoms with E-state index in [-0.39, 0.29) is 12.5 Å². The van der Waals surface area contributed by atoms with Crippen molar-refractivity contribution in [3.63, 3.8) is 0 Å². The fraction of sp³-hybridized carbons (Fsp3) is 0.185. The Bertz CT molecular complexity index is 1400. The quantitative estimate of drug-likeness (QED) is 0.237. The van der Waals surface area contributed by atoms with E-state index >= 15 is 0 Å². The summed E-state index contributed by atoms with van der Waals surface area (Å²) in [7, 11) is 0. The van der Waals surface area contributed by atoms with Gasteiger partial charge < -0.3 is 9.64 Å². The maximum absolute atomic E-state index is 12.5. The van der Waals surface area contributed by atoms with Crippen LogP contribution in [0.15, 0.2) is 78.2 Å². The summed E-state index contributed by atoms with van der Waals surface area (Å²) in [6.07, 6.45) is 6.92. The van der Waals surface area contributed by atoms with E-state index in [4.69, 9.17) is 33.0 Å². The number of nitrogens with zero attached hydrogens (tertiary/aromatic N) is 5. The summed E-state index contributed by atoms with van der Waals surface area (Å²) in [6, 6.07) is 18.2. The lowest BCUT2D eigenvalue weighted by molar-refractivity contribution is 0.0955. The smallest absolute Gasteiger partial charge is 0.271 e. The summed E-state index contributed by atoms with van der Waals surface area (Å²) in [5.74, 6) is 1.06. The van der Waals surface area contributed by atoms with Gasteiger partial charge in [-0.25, -0.2) is 10.1 Å². The van der Waals surface area contributed by atoms with Crippen molar-refractivity contribution in [1.29, 1.82) is 0 Å². The molecule has 1 amide bonds. The number of carbonyl (C=O) groups excluding carboxylic acids is 1. The lowest BCUT2D eigenvalue weighted by Gasteiger charge is -2.20. The molecule has 4 aromatic rings. The van der Waals surface area contributed by atoms with E-state index in [1.807, 2.05) is 35.0 Å². The summed E-state index contributed by atoms with van der Waals surface area (Å²) in [5.41, 5.74) is 5.39. The molecule has 0 bridgehead atoms. The van der Waals surface area contributed by atoms with Gasteiger partial charge in [-0.15, -0.1) is 0 Å². The number of ether oxygens (including phenoxy) is 1. The zero-order chi connectivity index (χ0) is 25.6. The largest absolute Gasteiger partial charge is 0.486 e. The first-order chi connectivity index (χ1) is 18.1. The van der Waals surface area contributed by atoms with Gasteiger partial charge in [-0.3, -0.25) is 9.78 Å². The second-order valence-corrected chi connectivity index (χ2v) is 9.27.